The maximum Gasteiger partial charge on any atom is 0.137 e. The van der Waals surface area contributed by atoms with E-state index in [0.717, 1.165) is 17.0 Å². The average molecular weight is 310 g/mol. The molecule has 0 heterocycles. The first-order valence-corrected chi connectivity index (χ1v) is 7.70. The number of benzene rings is 2. The molecule has 0 amide bonds. The molecule has 0 aliphatic carbocycles. The second-order valence-corrected chi connectivity index (χ2v) is 6.32. The molecule has 0 unspecified atom stereocenters. The van der Waals surface area contributed by atoms with Crippen LogP contribution < -0.4 is 5.32 Å². The molecule has 0 spiro atoms. The number of halogens is 2. The molecular weight excluding hydrogens is 293 g/mol. The summed E-state index contributed by atoms with van der Waals surface area (Å²) in [4.78, 5) is 1.45. The highest BCUT2D eigenvalue weighted by Gasteiger charge is 2.07. The van der Waals surface area contributed by atoms with Crippen molar-refractivity contribution in [3.8, 4) is 0 Å². The molecule has 0 fully saturated rings. The largest absolute Gasteiger partial charge is 0.310 e. The van der Waals surface area contributed by atoms with Crippen LogP contribution in [0, 0.1) is 5.82 Å². The Balaban J connectivity index is 2.12. The van der Waals surface area contributed by atoms with Crippen LogP contribution in [0.25, 0.3) is 0 Å². The van der Waals surface area contributed by atoms with E-state index in [2.05, 4.69) is 19.2 Å². The summed E-state index contributed by atoms with van der Waals surface area (Å²) in [5, 5.41) is 4.00. The molecule has 1 nitrogen and oxygen atoms in total. The molecule has 2 rings (SSSR count). The Morgan fingerprint density at radius 3 is 2.55 bits per heavy atom. The van der Waals surface area contributed by atoms with Crippen LogP contribution in [0.4, 0.5) is 4.39 Å². The van der Waals surface area contributed by atoms with Crippen molar-refractivity contribution in [2.75, 3.05) is 0 Å². The first-order valence-electron chi connectivity index (χ1n) is 6.50. The van der Waals surface area contributed by atoms with Crippen molar-refractivity contribution in [3.05, 3.63) is 58.9 Å². The summed E-state index contributed by atoms with van der Waals surface area (Å²) < 4.78 is 13.6. The van der Waals surface area contributed by atoms with Gasteiger partial charge in [0.1, 0.15) is 5.82 Å². The average Bonchev–Trinajstić information content (AvgIpc) is 2.41. The van der Waals surface area contributed by atoms with Crippen molar-refractivity contribution >= 4 is 23.4 Å². The third-order valence-electron chi connectivity index (χ3n) is 2.77. The van der Waals surface area contributed by atoms with Gasteiger partial charge in [-0.15, -0.1) is 0 Å². The van der Waals surface area contributed by atoms with Crippen LogP contribution in [0.2, 0.25) is 5.02 Å². The van der Waals surface area contributed by atoms with Gasteiger partial charge in [0.05, 0.1) is 5.02 Å². The summed E-state index contributed by atoms with van der Waals surface area (Å²) in [6.45, 7) is 4.98. The fourth-order valence-corrected chi connectivity index (χ4v) is 2.87. The Bertz CT molecular complexity index is 586. The van der Waals surface area contributed by atoms with Gasteiger partial charge in [-0.05, 0) is 29.8 Å². The summed E-state index contributed by atoms with van der Waals surface area (Å²) in [5.74, 6) is -0.223. The quantitative estimate of drug-likeness (QED) is 0.822. The van der Waals surface area contributed by atoms with Crippen molar-refractivity contribution in [2.45, 2.75) is 36.2 Å². The van der Waals surface area contributed by atoms with Crippen LogP contribution in [-0.2, 0) is 6.54 Å². The molecule has 106 valence electrons. The molecule has 1 N–H and O–H groups in total. The molecule has 4 heteroatoms. The van der Waals surface area contributed by atoms with Crippen molar-refractivity contribution < 1.29 is 4.39 Å². The fourth-order valence-electron chi connectivity index (χ4n) is 1.71. The van der Waals surface area contributed by atoms with Gasteiger partial charge in [0, 0.05) is 22.4 Å². The molecule has 0 saturated carbocycles. The van der Waals surface area contributed by atoms with Crippen molar-refractivity contribution in [1.82, 2.24) is 5.32 Å². The third-order valence-corrected chi connectivity index (χ3v) is 4.32. The molecule has 0 bridgehead atoms. The van der Waals surface area contributed by atoms with Gasteiger partial charge in [-0.3, -0.25) is 0 Å². The van der Waals surface area contributed by atoms with E-state index in [-0.39, 0.29) is 5.82 Å². The lowest BCUT2D eigenvalue weighted by Gasteiger charge is -2.10. The minimum atomic E-state index is -0.223. The highest BCUT2D eigenvalue weighted by atomic mass is 35.5. The predicted molar refractivity (Wildman–Crippen MR) is 84.0 cm³/mol. The summed E-state index contributed by atoms with van der Waals surface area (Å²) in [6, 6.07) is 13.0. The Morgan fingerprint density at radius 2 is 1.90 bits per heavy atom. The Labute approximate surface area is 128 Å². The number of rotatable bonds is 5. The SMILES string of the molecule is CC(C)NCc1ccc(Sc2ccccc2F)c(Cl)c1. The van der Waals surface area contributed by atoms with E-state index >= 15 is 0 Å². The smallest absolute Gasteiger partial charge is 0.137 e. The standard InChI is InChI=1S/C16H17ClFNS/c1-11(2)19-10-12-7-8-15(13(17)9-12)20-16-6-4-3-5-14(16)18/h3-9,11,19H,10H2,1-2H3. The topological polar surface area (TPSA) is 12.0 Å². The molecule has 2 aromatic carbocycles. The van der Waals surface area contributed by atoms with E-state index in [4.69, 9.17) is 11.6 Å². The van der Waals surface area contributed by atoms with E-state index in [9.17, 15) is 4.39 Å². The molecule has 0 atom stereocenters. The van der Waals surface area contributed by atoms with E-state index in [0.29, 0.717) is 16.0 Å². The summed E-state index contributed by atoms with van der Waals surface area (Å²) >= 11 is 7.62. The van der Waals surface area contributed by atoms with E-state index in [1.54, 1.807) is 12.1 Å². The molecule has 2 aromatic rings. The zero-order valence-corrected chi connectivity index (χ0v) is 13.1. The van der Waals surface area contributed by atoms with Crippen molar-refractivity contribution in [2.24, 2.45) is 0 Å². The molecule has 20 heavy (non-hydrogen) atoms. The van der Waals surface area contributed by atoms with Crippen LogP contribution >= 0.6 is 23.4 Å². The van der Waals surface area contributed by atoms with Gasteiger partial charge in [-0.1, -0.05) is 55.4 Å². The predicted octanol–water partition coefficient (Wildman–Crippen LogP) is 5.13. The summed E-state index contributed by atoms with van der Waals surface area (Å²) in [5.41, 5.74) is 1.13. The molecular formula is C16H17ClFNS. The zero-order chi connectivity index (χ0) is 14.5. The lowest BCUT2D eigenvalue weighted by Crippen LogP contribution is -2.21. The summed E-state index contributed by atoms with van der Waals surface area (Å²) in [7, 11) is 0. The van der Waals surface area contributed by atoms with Crippen LogP contribution in [0.3, 0.4) is 0 Å². The normalized spacial score (nSPS) is 11.1. The third kappa shape index (κ3) is 4.23. The number of hydrogen-bond donors (Lipinski definition) is 1. The molecule has 0 aromatic heterocycles. The van der Waals surface area contributed by atoms with Gasteiger partial charge in [0.25, 0.3) is 0 Å². The minimum absolute atomic E-state index is 0.223. The van der Waals surface area contributed by atoms with Gasteiger partial charge in [-0.2, -0.15) is 0 Å². The highest BCUT2D eigenvalue weighted by Crippen LogP contribution is 2.35. The first kappa shape index (κ1) is 15.4. The minimum Gasteiger partial charge on any atom is -0.310 e. The maximum atomic E-state index is 13.6. The van der Waals surface area contributed by atoms with Crippen LogP contribution in [0.5, 0.6) is 0 Å². The van der Waals surface area contributed by atoms with E-state index in [1.807, 2.05) is 24.3 Å². The second kappa shape index (κ2) is 7.11. The highest BCUT2D eigenvalue weighted by molar-refractivity contribution is 7.99. The Hall–Kier alpha value is -1.03. The van der Waals surface area contributed by atoms with Gasteiger partial charge in [-0.25, -0.2) is 4.39 Å². The molecule has 0 aliphatic rings. The number of hydrogen-bond acceptors (Lipinski definition) is 2. The maximum absolute atomic E-state index is 13.6. The van der Waals surface area contributed by atoms with Crippen LogP contribution in [0.15, 0.2) is 52.3 Å². The van der Waals surface area contributed by atoms with Crippen LogP contribution in [0.1, 0.15) is 19.4 Å². The van der Waals surface area contributed by atoms with Crippen molar-refractivity contribution in [3.63, 3.8) is 0 Å². The molecule has 0 radical (unpaired) electrons. The van der Waals surface area contributed by atoms with Gasteiger partial charge >= 0.3 is 0 Å². The summed E-state index contributed by atoms with van der Waals surface area (Å²) in [6.07, 6.45) is 0. The van der Waals surface area contributed by atoms with E-state index in [1.165, 1.54) is 17.8 Å². The van der Waals surface area contributed by atoms with Gasteiger partial charge in [0.2, 0.25) is 0 Å². The lowest BCUT2D eigenvalue weighted by molar-refractivity contribution is 0.588. The first-order chi connectivity index (χ1) is 9.56. The number of nitrogens with one attached hydrogen (secondary N) is 1. The van der Waals surface area contributed by atoms with Gasteiger partial charge < -0.3 is 5.32 Å². The van der Waals surface area contributed by atoms with Crippen molar-refractivity contribution in [1.29, 1.82) is 0 Å². The Kier molecular flexibility index (Phi) is 5.46. The zero-order valence-electron chi connectivity index (χ0n) is 11.5. The molecule has 0 aliphatic heterocycles. The Morgan fingerprint density at radius 1 is 1.15 bits per heavy atom. The monoisotopic (exact) mass is 309 g/mol. The van der Waals surface area contributed by atoms with Crippen LogP contribution in [-0.4, -0.2) is 6.04 Å². The van der Waals surface area contributed by atoms with E-state index < -0.39 is 0 Å². The lowest BCUT2D eigenvalue weighted by atomic mass is 10.2. The van der Waals surface area contributed by atoms with Gasteiger partial charge in [0.15, 0.2) is 0 Å². The molecule has 0 saturated heterocycles. The fraction of sp³-hybridized carbons (Fsp3) is 0.250. The second-order valence-electron chi connectivity index (χ2n) is 4.83.